The van der Waals surface area contributed by atoms with E-state index in [0.29, 0.717) is 0 Å². The number of hydrogen-bond donors (Lipinski definition) is 1. The van der Waals surface area contributed by atoms with E-state index in [4.69, 9.17) is 34.8 Å². The van der Waals surface area contributed by atoms with Gasteiger partial charge < -0.3 is 0 Å². The molecule has 2 rings (SSSR count). The van der Waals surface area contributed by atoms with Gasteiger partial charge in [0.2, 0.25) is 5.28 Å². The molecule has 0 fully saturated rings. The lowest BCUT2D eigenvalue weighted by molar-refractivity contribution is 0.601. The smallest absolute Gasteiger partial charge is 0.263 e. The van der Waals surface area contributed by atoms with Crippen molar-refractivity contribution < 1.29 is 8.42 Å². The van der Waals surface area contributed by atoms with E-state index in [1.54, 1.807) is 12.1 Å². The van der Waals surface area contributed by atoms with Gasteiger partial charge in [-0.1, -0.05) is 35.3 Å². The summed E-state index contributed by atoms with van der Waals surface area (Å²) in [7, 11) is -3.87. The third-order valence-electron chi connectivity index (χ3n) is 2.03. The van der Waals surface area contributed by atoms with Gasteiger partial charge in [0.1, 0.15) is 15.9 Å². The van der Waals surface area contributed by atoms with Crippen LogP contribution < -0.4 is 4.72 Å². The van der Waals surface area contributed by atoms with E-state index < -0.39 is 10.0 Å². The minimum atomic E-state index is -3.87. The lowest BCUT2D eigenvalue weighted by atomic mass is 10.4. The van der Waals surface area contributed by atoms with E-state index in [1.807, 2.05) is 0 Å². The Morgan fingerprint density at radius 2 is 1.74 bits per heavy atom. The van der Waals surface area contributed by atoms with Crippen LogP contribution in [0.5, 0.6) is 0 Å². The van der Waals surface area contributed by atoms with Crippen molar-refractivity contribution in [2.24, 2.45) is 0 Å². The molecule has 0 radical (unpaired) electrons. The number of benzene rings is 1. The number of anilines is 1. The van der Waals surface area contributed by atoms with Crippen LogP contribution in [-0.4, -0.2) is 18.4 Å². The van der Waals surface area contributed by atoms with E-state index in [-0.39, 0.29) is 26.2 Å². The summed E-state index contributed by atoms with van der Waals surface area (Å²) in [5.74, 6) is -0.0371. The fourth-order valence-corrected chi connectivity index (χ4v) is 3.22. The van der Waals surface area contributed by atoms with E-state index in [1.165, 1.54) is 18.2 Å². The van der Waals surface area contributed by atoms with Gasteiger partial charge in [-0.3, -0.25) is 4.72 Å². The highest BCUT2D eigenvalue weighted by Crippen LogP contribution is 2.23. The largest absolute Gasteiger partial charge is 0.264 e. The Bertz CT molecular complexity index is 701. The highest BCUT2D eigenvalue weighted by molar-refractivity contribution is 7.92. The number of aromatic nitrogens is 2. The number of nitrogens with one attached hydrogen (secondary N) is 1. The first-order valence-electron chi connectivity index (χ1n) is 4.86. The monoisotopic (exact) mass is 337 g/mol. The average Bonchev–Trinajstić information content (AvgIpc) is 2.26. The van der Waals surface area contributed by atoms with Crippen molar-refractivity contribution in [2.75, 3.05) is 4.72 Å². The predicted octanol–water partition coefficient (Wildman–Crippen LogP) is 3.24. The average molecular weight is 339 g/mol. The van der Waals surface area contributed by atoms with Crippen LogP contribution in [0.2, 0.25) is 15.5 Å². The zero-order chi connectivity index (χ0) is 14.0. The van der Waals surface area contributed by atoms with Gasteiger partial charge in [-0.25, -0.2) is 13.4 Å². The number of halogens is 3. The molecule has 1 N–H and O–H groups in total. The summed E-state index contributed by atoms with van der Waals surface area (Å²) < 4.78 is 26.4. The highest BCUT2D eigenvalue weighted by atomic mass is 35.5. The Balaban J connectivity index is 2.39. The molecule has 1 aromatic heterocycles. The molecule has 0 aliphatic rings. The van der Waals surface area contributed by atoms with Gasteiger partial charge >= 0.3 is 0 Å². The molecule has 0 spiro atoms. The first kappa shape index (κ1) is 14.3. The summed E-state index contributed by atoms with van der Waals surface area (Å²) in [5, 5.41) is -0.0394. The molecule has 0 atom stereocenters. The molecule has 2 aromatic rings. The second-order valence-corrected chi connectivity index (χ2v) is 6.16. The quantitative estimate of drug-likeness (QED) is 0.689. The van der Waals surface area contributed by atoms with Crippen LogP contribution in [-0.2, 0) is 10.0 Å². The summed E-state index contributed by atoms with van der Waals surface area (Å²) in [5.41, 5.74) is 0. The molecule has 19 heavy (non-hydrogen) atoms. The van der Waals surface area contributed by atoms with Gasteiger partial charge in [-0.15, -0.1) is 0 Å². The van der Waals surface area contributed by atoms with Crippen molar-refractivity contribution in [3.8, 4) is 0 Å². The molecule has 0 saturated carbocycles. The Kier molecular flexibility index (Phi) is 4.15. The van der Waals surface area contributed by atoms with Crippen LogP contribution in [0.1, 0.15) is 0 Å². The van der Waals surface area contributed by atoms with Gasteiger partial charge in [-0.2, -0.15) is 4.98 Å². The molecule has 1 heterocycles. The third-order valence-corrected chi connectivity index (χ3v) is 4.25. The van der Waals surface area contributed by atoms with Gasteiger partial charge in [0.05, 0.1) is 5.02 Å². The Labute approximate surface area is 124 Å². The maximum Gasteiger partial charge on any atom is 0.264 e. The minimum Gasteiger partial charge on any atom is -0.263 e. The summed E-state index contributed by atoms with van der Waals surface area (Å²) in [6.45, 7) is 0. The third kappa shape index (κ3) is 3.48. The predicted molar refractivity (Wildman–Crippen MR) is 74.3 cm³/mol. The fraction of sp³-hybridized carbons (Fsp3) is 0. The summed E-state index contributed by atoms with van der Waals surface area (Å²) in [4.78, 5) is 7.26. The van der Waals surface area contributed by atoms with Crippen LogP contribution >= 0.6 is 34.8 Å². The highest BCUT2D eigenvalue weighted by Gasteiger charge is 2.18. The number of rotatable bonds is 3. The van der Waals surface area contributed by atoms with Crippen molar-refractivity contribution in [3.63, 3.8) is 0 Å². The summed E-state index contributed by atoms with van der Waals surface area (Å²) >= 11 is 17.1. The molecule has 0 aliphatic heterocycles. The maximum atomic E-state index is 12.1. The summed E-state index contributed by atoms with van der Waals surface area (Å²) in [6, 6.07) is 7.26. The second-order valence-electron chi connectivity index (χ2n) is 3.38. The van der Waals surface area contributed by atoms with Crippen LogP contribution in [0.25, 0.3) is 0 Å². The Morgan fingerprint density at radius 3 is 2.37 bits per heavy atom. The van der Waals surface area contributed by atoms with Crippen molar-refractivity contribution >= 4 is 50.6 Å². The van der Waals surface area contributed by atoms with Crippen LogP contribution in [0.15, 0.2) is 35.2 Å². The van der Waals surface area contributed by atoms with E-state index in [0.717, 1.165) is 0 Å². The number of nitrogens with zero attached hydrogens (tertiary/aromatic N) is 2. The second kappa shape index (κ2) is 5.50. The number of sulfonamides is 1. The Hall–Kier alpha value is -1.08. The normalized spacial score (nSPS) is 11.3. The van der Waals surface area contributed by atoms with E-state index in [2.05, 4.69) is 14.7 Å². The number of hydrogen-bond acceptors (Lipinski definition) is 4. The standard InChI is InChI=1S/C10H6Cl3N3O2S/c11-6-3-1-2-4-7(6)19(17,18)16-9-5-8(12)14-10(13)15-9/h1-5H,(H,14,15,16). The minimum absolute atomic E-state index is 0.0249. The zero-order valence-electron chi connectivity index (χ0n) is 9.14. The van der Waals surface area contributed by atoms with Crippen LogP contribution in [0, 0.1) is 0 Å². The van der Waals surface area contributed by atoms with Crippen molar-refractivity contribution in [1.82, 2.24) is 9.97 Å². The lowest BCUT2D eigenvalue weighted by Crippen LogP contribution is -2.14. The molecular formula is C10H6Cl3N3O2S. The Morgan fingerprint density at radius 1 is 1.05 bits per heavy atom. The lowest BCUT2D eigenvalue weighted by Gasteiger charge is -2.08. The van der Waals surface area contributed by atoms with Crippen molar-refractivity contribution in [3.05, 3.63) is 45.8 Å². The van der Waals surface area contributed by atoms with Crippen molar-refractivity contribution in [1.29, 1.82) is 0 Å². The van der Waals surface area contributed by atoms with Gasteiger partial charge in [0.15, 0.2) is 0 Å². The molecular weight excluding hydrogens is 333 g/mol. The molecule has 0 bridgehead atoms. The molecule has 1 aromatic carbocycles. The first-order chi connectivity index (χ1) is 8.88. The zero-order valence-corrected chi connectivity index (χ0v) is 12.2. The molecule has 5 nitrogen and oxygen atoms in total. The molecule has 100 valence electrons. The van der Waals surface area contributed by atoms with Crippen LogP contribution in [0.3, 0.4) is 0 Å². The molecule has 0 amide bonds. The maximum absolute atomic E-state index is 12.1. The van der Waals surface area contributed by atoms with Gasteiger partial charge in [-0.05, 0) is 23.7 Å². The fourth-order valence-electron chi connectivity index (χ4n) is 1.30. The molecule has 9 heteroatoms. The van der Waals surface area contributed by atoms with Gasteiger partial charge in [0.25, 0.3) is 10.0 Å². The SMILES string of the molecule is O=S(=O)(Nc1cc(Cl)nc(Cl)n1)c1ccccc1Cl. The first-order valence-corrected chi connectivity index (χ1v) is 7.47. The molecule has 0 aliphatic carbocycles. The molecule has 0 unspecified atom stereocenters. The topological polar surface area (TPSA) is 72.0 Å². The summed E-state index contributed by atoms with van der Waals surface area (Å²) in [6.07, 6.45) is 0. The van der Waals surface area contributed by atoms with E-state index >= 15 is 0 Å². The van der Waals surface area contributed by atoms with E-state index in [9.17, 15) is 8.42 Å². The van der Waals surface area contributed by atoms with Crippen LogP contribution in [0.4, 0.5) is 5.82 Å². The van der Waals surface area contributed by atoms with Crippen molar-refractivity contribution in [2.45, 2.75) is 4.90 Å². The molecule has 0 saturated heterocycles. The van der Waals surface area contributed by atoms with Gasteiger partial charge in [0, 0.05) is 6.07 Å².